The van der Waals surface area contributed by atoms with Crippen molar-refractivity contribution in [1.29, 1.82) is 0 Å². The van der Waals surface area contributed by atoms with Crippen LogP contribution in [0, 0.1) is 5.92 Å². The fourth-order valence-corrected chi connectivity index (χ4v) is 2.60. The third-order valence-electron chi connectivity index (χ3n) is 4.04. The van der Waals surface area contributed by atoms with Gasteiger partial charge in [0.25, 0.3) is 0 Å². The summed E-state index contributed by atoms with van der Waals surface area (Å²) in [5, 5.41) is 13.6. The summed E-state index contributed by atoms with van der Waals surface area (Å²) >= 11 is 0. The Morgan fingerprint density at radius 3 is 2.59 bits per heavy atom. The second-order valence-electron chi connectivity index (χ2n) is 5.17. The molecule has 2 heteroatoms. The standard InChI is InChI=1S/C15H23NO/c1-3-14(13-9-4-5-10-15(13)17)16-11(2)12-7-6-8-12/h4-5,9-12,14,16-17H,3,6-8H2,1-2H3. The second-order valence-corrected chi connectivity index (χ2v) is 5.17. The molecule has 0 heterocycles. The predicted octanol–water partition coefficient (Wildman–Crippen LogP) is 3.62. The summed E-state index contributed by atoms with van der Waals surface area (Å²) in [5.74, 6) is 1.24. The van der Waals surface area contributed by atoms with Gasteiger partial charge in [-0.05, 0) is 38.2 Å². The Morgan fingerprint density at radius 2 is 2.06 bits per heavy atom. The minimum atomic E-state index is 0.270. The van der Waals surface area contributed by atoms with Gasteiger partial charge in [-0.2, -0.15) is 0 Å². The van der Waals surface area contributed by atoms with Gasteiger partial charge >= 0.3 is 0 Å². The number of phenolic OH excluding ortho intramolecular Hbond substituents is 1. The summed E-state index contributed by atoms with van der Waals surface area (Å²) in [5.41, 5.74) is 1.03. The molecule has 0 spiro atoms. The van der Waals surface area contributed by atoms with Gasteiger partial charge in [0, 0.05) is 17.6 Å². The van der Waals surface area contributed by atoms with Crippen molar-refractivity contribution < 1.29 is 5.11 Å². The van der Waals surface area contributed by atoms with E-state index in [1.165, 1.54) is 19.3 Å². The van der Waals surface area contributed by atoms with Crippen LogP contribution in [-0.2, 0) is 0 Å². The molecule has 1 aliphatic rings. The van der Waals surface area contributed by atoms with Gasteiger partial charge in [-0.25, -0.2) is 0 Å². The maximum Gasteiger partial charge on any atom is 0.120 e. The van der Waals surface area contributed by atoms with Crippen molar-refractivity contribution in [2.75, 3.05) is 0 Å². The van der Waals surface area contributed by atoms with Crippen LogP contribution in [0.2, 0.25) is 0 Å². The molecule has 94 valence electrons. The van der Waals surface area contributed by atoms with Crippen LogP contribution in [-0.4, -0.2) is 11.1 Å². The highest BCUT2D eigenvalue weighted by atomic mass is 16.3. The third-order valence-corrected chi connectivity index (χ3v) is 4.04. The van der Waals surface area contributed by atoms with Gasteiger partial charge in [-0.3, -0.25) is 0 Å². The first-order valence-corrected chi connectivity index (χ1v) is 6.76. The largest absolute Gasteiger partial charge is 0.508 e. The van der Waals surface area contributed by atoms with Gasteiger partial charge in [0.2, 0.25) is 0 Å². The van der Waals surface area contributed by atoms with Crippen molar-refractivity contribution in [3.63, 3.8) is 0 Å². The first-order valence-electron chi connectivity index (χ1n) is 6.76. The molecular formula is C15H23NO. The number of hydrogen-bond acceptors (Lipinski definition) is 2. The minimum absolute atomic E-state index is 0.270. The molecule has 1 aromatic carbocycles. The van der Waals surface area contributed by atoms with Crippen molar-refractivity contribution in [2.24, 2.45) is 5.92 Å². The summed E-state index contributed by atoms with van der Waals surface area (Å²) in [6.07, 6.45) is 5.09. The van der Waals surface area contributed by atoms with Crippen molar-refractivity contribution in [3.8, 4) is 5.75 Å². The summed E-state index contributed by atoms with van der Waals surface area (Å²) < 4.78 is 0. The van der Waals surface area contributed by atoms with Crippen molar-refractivity contribution in [1.82, 2.24) is 5.32 Å². The van der Waals surface area contributed by atoms with E-state index < -0.39 is 0 Å². The molecule has 1 aromatic rings. The molecule has 1 fully saturated rings. The van der Waals surface area contributed by atoms with Crippen molar-refractivity contribution >= 4 is 0 Å². The molecule has 2 rings (SSSR count). The number of aromatic hydroxyl groups is 1. The number of hydrogen-bond donors (Lipinski definition) is 2. The smallest absolute Gasteiger partial charge is 0.120 e. The van der Waals surface area contributed by atoms with Gasteiger partial charge in [0.15, 0.2) is 0 Å². The van der Waals surface area contributed by atoms with Crippen LogP contribution in [0.15, 0.2) is 24.3 Å². The maximum atomic E-state index is 9.89. The number of para-hydroxylation sites is 1. The molecule has 2 nitrogen and oxygen atoms in total. The zero-order valence-corrected chi connectivity index (χ0v) is 10.8. The summed E-state index contributed by atoms with van der Waals surface area (Å²) in [6.45, 7) is 4.43. The van der Waals surface area contributed by atoms with Crippen LogP contribution in [0.25, 0.3) is 0 Å². The molecule has 1 aliphatic carbocycles. The van der Waals surface area contributed by atoms with Crippen LogP contribution in [0.3, 0.4) is 0 Å². The fourth-order valence-electron chi connectivity index (χ4n) is 2.60. The molecule has 0 radical (unpaired) electrons. The van der Waals surface area contributed by atoms with Gasteiger partial charge in [0.1, 0.15) is 5.75 Å². The molecule has 0 aromatic heterocycles. The molecule has 17 heavy (non-hydrogen) atoms. The summed E-state index contributed by atoms with van der Waals surface area (Å²) in [4.78, 5) is 0. The minimum Gasteiger partial charge on any atom is -0.508 e. The average Bonchev–Trinajstić information content (AvgIpc) is 2.24. The van der Waals surface area contributed by atoms with Gasteiger partial charge in [-0.1, -0.05) is 31.5 Å². The molecule has 1 saturated carbocycles. The summed E-state index contributed by atoms with van der Waals surface area (Å²) in [6, 6.07) is 8.48. The molecule has 0 bridgehead atoms. The molecule has 0 amide bonds. The average molecular weight is 233 g/mol. The lowest BCUT2D eigenvalue weighted by molar-refractivity contribution is 0.224. The van der Waals surface area contributed by atoms with E-state index in [9.17, 15) is 5.11 Å². The lowest BCUT2D eigenvalue weighted by Crippen LogP contribution is -2.39. The van der Waals surface area contributed by atoms with Crippen LogP contribution in [0.4, 0.5) is 0 Å². The van der Waals surface area contributed by atoms with Gasteiger partial charge in [0.05, 0.1) is 0 Å². The van der Waals surface area contributed by atoms with Gasteiger partial charge < -0.3 is 10.4 Å². The highest BCUT2D eigenvalue weighted by molar-refractivity contribution is 5.34. The highest BCUT2D eigenvalue weighted by Crippen LogP contribution is 2.32. The zero-order valence-electron chi connectivity index (χ0n) is 10.8. The monoisotopic (exact) mass is 233 g/mol. The van der Waals surface area contributed by atoms with Crippen LogP contribution < -0.4 is 5.32 Å². The fraction of sp³-hybridized carbons (Fsp3) is 0.600. The Morgan fingerprint density at radius 1 is 1.35 bits per heavy atom. The Bertz CT molecular complexity index is 360. The molecule has 0 aliphatic heterocycles. The van der Waals surface area contributed by atoms with E-state index in [1.54, 1.807) is 6.07 Å². The van der Waals surface area contributed by atoms with E-state index in [4.69, 9.17) is 0 Å². The summed E-state index contributed by atoms with van der Waals surface area (Å²) in [7, 11) is 0. The second kappa shape index (κ2) is 5.54. The first-order chi connectivity index (χ1) is 8.22. The SMILES string of the molecule is CCC(NC(C)C1CCC1)c1ccccc1O. The molecule has 0 saturated heterocycles. The predicted molar refractivity (Wildman–Crippen MR) is 71.1 cm³/mol. The van der Waals surface area contributed by atoms with Crippen LogP contribution in [0.1, 0.15) is 51.1 Å². The first kappa shape index (κ1) is 12.4. The topological polar surface area (TPSA) is 32.3 Å². The van der Waals surface area contributed by atoms with Crippen molar-refractivity contribution in [2.45, 2.75) is 51.6 Å². The molecular weight excluding hydrogens is 210 g/mol. The van der Waals surface area contributed by atoms with E-state index >= 15 is 0 Å². The zero-order chi connectivity index (χ0) is 12.3. The number of phenols is 1. The normalized spacial score (nSPS) is 19.6. The number of nitrogens with one attached hydrogen (secondary N) is 1. The number of benzene rings is 1. The number of rotatable bonds is 5. The Kier molecular flexibility index (Phi) is 4.06. The quantitative estimate of drug-likeness (QED) is 0.814. The molecule has 2 unspecified atom stereocenters. The van der Waals surface area contributed by atoms with E-state index in [-0.39, 0.29) is 6.04 Å². The Balaban J connectivity index is 2.03. The van der Waals surface area contributed by atoms with E-state index in [2.05, 4.69) is 19.2 Å². The highest BCUT2D eigenvalue weighted by Gasteiger charge is 2.26. The van der Waals surface area contributed by atoms with E-state index in [0.717, 1.165) is 17.9 Å². The third kappa shape index (κ3) is 2.81. The maximum absolute atomic E-state index is 9.89. The lowest BCUT2D eigenvalue weighted by Gasteiger charge is -2.34. The molecule has 2 atom stereocenters. The van der Waals surface area contributed by atoms with E-state index in [0.29, 0.717) is 11.8 Å². The van der Waals surface area contributed by atoms with Gasteiger partial charge in [-0.15, -0.1) is 0 Å². The molecule has 2 N–H and O–H groups in total. The lowest BCUT2D eigenvalue weighted by atomic mass is 9.80. The van der Waals surface area contributed by atoms with Crippen molar-refractivity contribution in [3.05, 3.63) is 29.8 Å². The van der Waals surface area contributed by atoms with Crippen LogP contribution >= 0.6 is 0 Å². The van der Waals surface area contributed by atoms with Crippen LogP contribution in [0.5, 0.6) is 5.75 Å². The Hall–Kier alpha value is -1.02. The Labute approximate surface area is 104 Å². The van der Waals surface area contributed by atoms with E-state index in [1.807, 2.05) is 18.2 Å².